The van der Waals surface area contributed by atoms with Crippen molar-refractivity contribution >= 4 is 23.4 Å². The average molecular weight is 280 g/mol. The molecule has 1 aromatic carbocycles. The summed E-state index contributed by atoms with van der Waals surface area (Å²) in [6.45, 7) is 2.15. The van der Waals surface area contributed by atoms with E-state index < -0.39 is 0 Å². The zero-order valence-electron chi connectivity index (χ0n) is 10.1. The lowest BCUT2D eigenvalue weighted by molar-refractivity contribution is 0.661. The third-order valence-electron chi connectivity index (χ3n) is 3.11. The lowest BCUT2D eigenvalue weighted by Gasteiger charge is -2.13. The second-order valence-corrected chi connectivity index (χ2v) is 6.25. The fourth-order valence-corrected chi connectivity index (χ4v) is 3.37. The molecule has 1 heterocycles. The summed E-state index contributed by atoms with van der Waals surface area (Å²) in [7, 11) is 0. The largest absolute Gasteiger partial charge is 0.306 e. The van der Waals surface area contributed by atoms with Gasteiger partial charge in [0.1, 0.15) is 6.33 Å². The van der Waals surface area contributed by atoms with Gasteiger partial charge in [0, 0.05) is 16.3 Å². The van der Waals surface area contributed by atoms with Crippen molar-refractivity contribution in [1.82, 2.24) is 14.8 Å². The number of halogens is 1. The molecule has 0 amide bonds. The van der Waals surface area contributed by atoms with Crippen molar-refractivity contribution in [2.45, 2.75) is 36.2 Å². The third-order valence-corrected chi connectivity index (χ3v) is 4.56. The van der Waals surface area contributed by atoms with Gasteiger partial charge in [-0.1, -0.05) is 41.6 Å². The molecule has 5 heteroatoms. The zero-order chi connectivity index (χ0) is 12.5. The monoisotopic (exact) mass is 279 g/mol. The Morgan fingerprint density at radius 1 is 1.39 bits per heavy atom. The van der Waals surface area contributed by atoms with Crippen LogP contribution in [-0.2, 0) is 0 Å². The summed E-state index contributed by atoms with van der Waals surface area (Å²) < 4.78 is 2.18. The third kappa shape index (κ3) is 2.40. The van der Waals surface area contributed by atoms with Gasteiger partial charge in [0.05, 0.1) is 0 Å². The van der Waals surface area contributed by atoms with Gasteiger partial charge in [-0.2, -0.15) is 0 Å². The Hall–Kier alpha value is -1.00. The Labute approximate surface area is 116 Å². The molecule has 18 heavy (non-hydrogen) atoms. The minimum atomic E-state index is 0.278. The molecular weight excluding hydrogens is 266 g/mol. The van der Waals surface area contributed by atoms with Crippen LogP contribution in [0, 0.1) is 0 Å². The predicted octanol–water partition coefficient (Wildman–Crippen LogP) is 4.12. The van der Waals surface area contributed by atoms with E-state index in [2.05, 4.69) is 27.8 Å². The molecule has 2 aromatic rings. The van der Waals surface area contributed by atoms with Crippen molar-refractivity contribution in [3.8, 4) is 0 Å². The van der Waals surface area contributed by atoms with Gasteiger partial charge in [-0.25, -0.2) is 0 Å². The number of hydrogen-bond acceptors (Lipinski definition) is 3. The summed E-state index contributed by atoms with van der Waals surface area (Å²) in [5.41, 5.74) is 1.15. The average Bonchev–Trinajstić information content (AvgIpc) is 3.11. The van der Waals surface area contributed by atoms with Crippen molar-refractivity contribution in [3.63, 3.8) is 0 Å². The Bertz CT molecular complexity index is 551. The fraction of sp³-hybridized carbons (Fsp3) is 0.385. The zero-order valence-corrected chi connectivity index (χ0v) is 11.7. The van der Waals surface area contributed by atoms with Gasteiger partial charge >= 0.3 is 0 Å². The maximum atomic E-state index is 6.22. The molecule has 1 aromatic heterocycles. The van der Waals surface area contributed by atoms with Crippen LogP contribution in [0.25, 0.3) is 0 Å². The Morgan fingerprint density at radius 3 is 2.89 bits per heavy atom. The van der Waals surface area contributed by atoms with Gasteiger partial charge in [-0.3, -0.25) is 0 Å². The van der Waals surface area contributed by atoms with Crippen molar-refractivity contribution in [3.05, 3.63) is 41.2 Å². The first-order valence-electron chi connectivity index (χ1n) is 6.06. The standard InChI is InChI=1S/C13H14ClN3S/c1-9(11-4-2-3-5-12(11)14)18-13-16-15-8-17(13)10-6-7-10/h2-5,8-10H,6-7H2,1H3/t9-/m0/s1. The maximum Gasteiger partial charge on any atom is 0.191 e. The Kier molecular flexibility index (Phi) is 3.31. The molecule has 0 radical (unpaired) electrons. The highest BCUT2D eigenvalue weighted by Gasteiger charge is 2.27. The van der Waals surface area contributed by atoms with Crippen LogP contribution in [0.4, 0.5) is 0 Å². The minimum Gasteiger partial charge on any atom is -0.306 e. The van der Waals surface area contributed by atoms with Crippen LogP contribution in [0.1, 0.15) is 36.6 Å². The fourth-order valence-electron chi connectivity index (χ4n) is 1.95. The molecule has 0 N–H and O–H groups in total. The van der Waals surface area contributed by atoms with E-state index in [1.807, 2.05) is 24.5 Å². The van der Waals surface area contributed by atoms with Crippen LogP contribution >= 0.6 is 23.4 Å². The smallest absolute Gasteiger partial charge is 0.191 e. The van der Waals surface area contributed by atoms with Gasteiger partial charge in [0.2, 0.25) is 0 Å². The number of hydrogen-bond donors (Lipinski definition) is 0. The van der Waals surface area contributed by atoms with Gasteiger partial charge < -0.3 is 4.57 Å². The van der Waals surface area contributed by atoms with Gasteiger partial charge in [-0.15, -0.1) is 10.2 Å². The predicted molar refractivity (Wildman–Crippen MR) is 74.0 cm³/mol. The van der Waals surface area contributed by atoms with Crippen molar-refractivity contribution < 1.29 is 0 Å². The SMILES string of the molecule is C[C@H](Sc1nncn1C1CC1)c1ccccc1Cl. The van der Waals surface area contributed by atoms with E-state index in [9.17, 15) is 0 Å². The summed E-state index contributed by atoms with van der Waals surface area (Å²) in [5.74, 6) is 0. The van der Waals surface area contributed by atoms with Crippen LogP contribution in [0.3, 0.4) is 0 Å². The van der Waals surface area contributed by atoms with E-state index in [1.165, 1.54) is 12.8 Å². The quantitative estimate of drug-likeness (QED) is 0.789. The highest BCUT2D eigenvalue weighted by Crippen LogP contribution is 2.41. The van der Waals surface area contributed by atoms with Crippen LogP contribution in [0.15, 0.2) is 35.7 Å². The van der Waals surface area contributed by atoms with E-state index in [1.54, 1.807) is 11.8 Å². The first kappa shape index (κ1) is 12.1. The van der Waals surface area contributed by atoms with E-state index in [0.29, 0.717) is 6.04 Å². The molecular formula is C13H14ClN3S. The van der Waals surface area contributed by atoms with E-state index in [4.69, 9.17) is 11.6 Å². The van der Waals surface area contributed by atoms with Crippen LogP contribution < -0.4 is 0 Å². The van der Waals surface area contributed by atoms with Crippen LogP contribution in [0.5, 0.6) is 0 Å². The summed E-state index contributed by atoms with van der Waals surface area (Å²) in [6, 6.07) is 8.58. The number of nitrogens with zero attached hydrogens (tertiary/aromatic N) is 3. The molecule has 0 unspecified atom stereocenters. The summed E-state index contributed by atoms with van der Waals surface area (Å²) in [6.07, 6.45) is 4.32. The van der Waals surface area contributed by atoms with Crippen LogP contribution in [0.2, 0.25) is 5.02 Å². The van der Waals surface area contributed by atoms with Gasteiger partial charge in [0.25, 0.3) is 0 Å². The first-order valence-corrected chi connectivity index (χ1v) is 7.32. The highest BCUT2D eigenvalue weighted by molar-refractivity contribution is 7.99. The van der Waals surface area contributed by atoms with Gasteiger partial charge in [0.15, 0.2) is 5.16 Å². The van der Waals surface area contributed by atoms with Crippen LogP contribution in [-0.4, -0.2) is 14.8 Å². The van der Waals surface area contributed by atoms with E-state index >= 15 is 0 Å². The van der Waals surface area contributed by atoms with Gasteiger partial charge in [-0.05, 0) is 31.4 Å². The second kappa shape index (κ2) is 4.94. The summed E-state index contributed by atoms with van der Waals surface area (Å²) in [4.78, 5) is 0. The highest BCUT2D eigenvalue weighted by atomic mass is 35.5. The topological polar surface area (TPSA) is 30.7 Å². The maximum absolute atomic E-state index is 6.22. The second-order valence-electron chi connectivity index (χ2n) is 4.53. The molecule has 1 fully saturated rings. The molecule has 1 saturated carbocycles. The minimum absolute atomic E-state index is 0.278. The van der Waals surface area contributed by atoms with Crippen molar-refractivity contribution in [2.24, 2.45) is 0 Å². The summed E-state index contributed by atoms with van der Waals surface area (Å²) in [5, 5.41) is 10.3. The molecule has 3 nitrogen and oxygen atoms in total. The number of rotatable bonds is 4. The molecule has 3 rings (SSSR count). The van der Waals surface area contributed by atoms with Crippen molar-refractivity contribution in [1.29, 1.82) is 0 Å². The molecule has 94 valence electrons. The lowest BCUT2D eigenvalue weighted by Crippen LogP contribution is -1.97. The number of aromatic nitrogens is 3. The molecule has 0 saturated heterocycles. The molecule has 1 atom stereocenters. The Morgan fingerprint density at radius 2 is 2.17 bits per heavy atom. The van der Waals surface area contributed by atoms with E-state index in [0.717, 1.165) is 15.7 Å². The summed E-state index contributed by atoms with van der Waals surface area (Å²) >= 11 is 7.94. The van der Waals surface area contributed by atoms with Crippen molar-refractivity contribution in [2.75, 3.05) is 0 Å². The molecule has 0 spiro atoms. The molecule has 0 aliphatic heterocycles. The Balaban J connectivity index is 1.79. The normalized spacial score (nSPS) is 16.8. The molecule has 1 aliphatic rings. The molecule has 1 aliphatic carbocycles. The van der Waals surface area contributed by atoms with E-state index in [-0.39, 0.29) is 5.25 Å². The lowest BCUT2D eigenvalue weighted by atomic mass is 10.2. The first-order chi connectivity index (χ1) is 8.75. The number of benzene rings is 1. The molecule has 0 bridgehead atoms. The number of thioether (sulfide) groups is 1.